The summed E-state index contributed by atoms with van der Waals surface area (Å²) in [7, 11) is -1.93. The molecule has 1 heterocycles. The summed E-state index contributed by atoms with van der Waals surface area (Å²) in [6.07, 6.45) is 1.79. The predicted octanol–water partition coefficient (Wildman–Crippen LogP) is 2.15. The molecule has 0 saturated carbocycles. The highest BCUT2D eigenvalue weighted by atomic mass is 32.2. The van der Waals surface area contributed by atoms with Gasteiger partial charge in [0.1, 0.15) is 5.82 Å². The number of nitrogens with zero attached hydrogens (tertiary/aromatic N) is 1. The third-order valence-electron chi connectivity index (χ3n) is 4.85. The van der Waals surface area contributed by atoms with Gasteiger partial charge in [-0.05, 0) is 36.6 Å². The fourth-order valence-corrected chi connectivity index (χ4v) is 4.17. The highest BCUT2D eigenvalue weighted by Crippen LogP contribution is 2.14. The van der Waals surface area contributed by atoms with Crippen LogP contribution < -0.4 is 15.4 Å². The van der Waals surface area contributed by atoms with Crippen LogP contribution >= 0.6 is 0 Å². The van der Waals surface area contributed by atoms with Gasteiger partial charge < -0.3 is 15.4 Å². The molecule has 0 aromatic heterocycles. The second-order valence-corrected chi connectivity index (χ2v) is 8.77. The van der Waals surface area contributed by atoms with Crippen molar-refractivity contribution < 1.29 is 17.5 Å². The minimum absolute atomic E-state index is 0.0492. The molecule has 1 saturated heterocycles. The minimum Gasteiger partial charge on any atom is -0.377 e. The second kappa shape index (κ2) is 10.5. The van der Waals surface area contributed by atoms with Crippen LogP contribution in [-0.2, 0) is 27.8 Å². The highest BCUT2D eigenvalue weighted by Gasteiger charge is 2.20. The molecule has 0 spiro atoms. The molecule has 1 fully saturated rings. The Morgan fingerprint density at radius 2 is 1.87 bits per heavy atom. The first-order valence-corrected chi connectivity index (χ1v) is 11.3. The van der Waals surface area contributed by atoms with Crippen LogP contribution in [-0.4, -0.2) is 40.7 Å². The maximum atomic E-state index is 13.7. The summed E-state index contributed by atoms with van der Waals surface area (Å²) in [6.45, 7) is 1.72. The molecule has 0 bridgehead atoms. The molecule has 7 nitrogen and oxygen atoms in total. The quantitative estimate of drug-likeness (QED) is 0.437. The van der Waals surface area contributed by atoms with Gasteiger partial charge in [0.2, 0.25) is 10.0 Å². The Morgan fingerprint density at radius 1 is 1.13 bits per heavy atom. The second-order valence-electron chi connectivity index (χ2n) is 7.00. The Labute approximate surface area is 176 Å². The van der Waals surface area contributed by atoms with Gasteiger partial charge in [0, 0.05) is 38.9 Å². The van der Waals surface area contributed by atoms with Gasteiger partial charge in [0.25, 0.3) is 0 Å². The van der Waals surface area contributed by atoms with Gasteiger partial charge in [-0.15, -0.1) is 0 Å². The fraction of sp³-hybridized carbons (Fsp3) is 0.381. The summed E-state index contributed by atoms with van der Waals surface area (Å²) in [5.74, 6) is 0.249. The number of benzene rings is 2. The number of guanidine groups is 1. The Balaban J connectivity index is 1.50. The molecular weight excluding hydrogens is 407 g/mol. The van der Waals surface area contributed by atoms with Crippen molar-refractivity contribution in [3.8, 4) is 0 Å². The molecule has 2 aromatic carbocycles. The van der Waals surface area contributed by atoms with Crippen molar-refractivity contribution in [2.24, 2.45) is 4.99 Å². The Kier molecular flexibility index (Phi) is 7.78. The fourth-order valence-electron chi connectivity index (χ4n) is 3.10. The van der Waals surface area contributed by atoms with Crippen molar-refractivity contribution in [1.82, 2.24) is 15.4 Å². The van der Waals surface area contributed by atoms with Crippen LogP contribution in [0.2, 0.25) is 0 Å². The molecule has 9 heteroatoms. The van der Waals surface area contributed by atoms with Gasteiger partial charge in [-0.3, -0.25) is 4.99 Å². The van der Waals surface area contributed by atoms with Crippen LogP contribution in [0.4, 0.5) is 4.39 Å². The molecule has 1 aliphatic heterocycles. The van der Waals surface area contributed by atoms with E-state index in [1.807, 2.05) is 0 Å². The SMILES string of the molecule is CN=C(NCc1ccc(S(=O)(=O)NCC2CCCO2)cc1)NCc1ccccc1F. The number of hydrogen-bond acceptors (Lipinski definition) is 4. The zero-order valence-electron chi connectivity index (χ0n) is 16.9. The molecule has 0 amide bonds. The van der Waals surface area contributed by atoms with E-state index in [0.29, 0.717) is 31.2 Å². The van der Waals surface area contributed by atoms with Crippen molar-refractivity contribution in [1.29, 1.82) is 0 Å². The summed E-state index contributed by atoms with van der Waals surface area (Å²) in [4.78, 5) is 4.34. The number of ether oxygens (including phenoxy) is 1. The van der Waals surface area contributed by atoms with Crippen molar-refractivity contribution in [2.45, 2.75) is 36.9 Å². The van der Waals surface area contributed by atoms with E-state index >= 15 is 0 Å². The third kappa shape index (κ3) is 6.25. The summed E-state index contributed by atoms with van der Waals surface area (Å²) in [6, 6.07) is 13.2. The van der Waals surface area contributed by atoms with E-state index < -0.39 is 10.0 Å². The molecule has 2 aromatic rings. The summed E-state index contributed by atoms with van der Waals surface area (Å²) < 4.78 is 46.6. The number of sulfonamides is 1. The molecule has 1 atom stereocenters. The first-order chi connectivity index (χ1) is 14.5. The number of nitrogens with one attached hydrogen (secondary N) is 3. The normalized spacial score (nSPS) is 17.1. The Bertz CT molecular complexity index is 958. The third-order valence-corrected chi connectivity index (χ3v) is 6.29. The number of rotatable bonds is 8. The van der Waals surface area contributed by atoms with Gasteiger partial charge in [-0.25, -0.2) is 17.5 Å². The lowest BCUT2D eigenvalue weighted by Crippen LogP contribution is -2.36. The summed E-state index contributed by atoms with van der Waals surface area (Å²) in [5.41, 5.74) is 1.44. The van der Waals surface area contributed by atoms with Crippen molar-refractivity contribution >= 4 is 16.0 Å². The smallest absolute Gasteiger partial charge is 0.240 e. The van der Waals surface area contributed by atoms with Crippen molar-refractivity contribution in [2.75, 3.05) is 20.2 Å². The molecule has 162 valence electrons. The zero-order valence-corrected chi connectivity index (χ0v) is 17.7. The van der Waals surface area contributed by atoms with Crippen LogP contribution in [0, 0.1) is 5.82 Å². The van der Waals surface area contributed by atoms with E-state index in [1.54, 1.807) is 49.5 Å². The molecule has 30 heavy (non-hydrogen) atoms. The number of halogens is 1. The monoisotopic (exact) mass is 434 g/mol. The van der Waals surface area contributed by atoms with Gasteiger partial charge in [-0.1, -0.05) is 30.3 Å². The minimum atomic E-state index is -3.57. The van der Waals surface area contributed by atoms with E-state index in [-0.39, 0.29) is 23.4 Å². The number of aliphatic imine (C=N–C) groups is 1. The first kappa shape index (κ1) is 22.2. The van der Waals surface area contributed by atoms with E-state index in [4.69, 9.17) is 4.74 Å². The Morgan fingerprint density at radius 3 is 2.53 bits per heavy atom. The van der Waals surface area contributed by atoms with Gasteiger partial charge in [0.05, 0.1) is 11.0 Å². The molecule has 3 N–H and O–H groups in total. The standard InChI is InChI=1S/C21H27FN4O3S/c1-23-21(25-14-17-5-2-3-7-20(17)22)24-13-16-8-10-19(11-9-16)30(27,28)26-15-18-6-4-12-29-18/h2-3,5,7-11,18,26H,4,6,12-15H2,1H3,(H2,23,24,25). The molecule has 3 rings (SSSR count). The maximum absolute atomic E-state index is 13.7. The van der Waals surface area contributed by atoms with Crippen LogP contribution in [0.3, 0.4) is 0 Å². The summed E-state index contributed by atoms with van der Waals surface area (Å²) >= 11 is 0. The first-order valence-electron chi connectivity index (χ1n) is 9.86. The molecule has 1 unspecified atom stereocenters. The van der Waals surface area contributed by atoms with Crippen LogP contribution in [0.5, 0.6) is 0 Å². The topological polar surface area (TPSA) is 91.8 Å². The Hall–Kier alpha value is -2.49. The van der Waals surface area contributed by atoms with Crippen LogP contribution in [0.15, 0.2) is 58.4 Å². The lowest BCUT2D eigenvalue weighted by molar-refractivity contribution is 0.114. The van der Waals surface area contributed by atoms with E-state index in [1.165, 1.54) is 6.07 Å². The van der Waals surface area contributed by atoms with Crippen molar-refractivity contribution in [3.63, 3.8) is 0 Å². The van der Waals surface area contributed by atoms with Crippen molar-refractivity contribution in [3.05, 3.63) is 65.5 Å². The zero-order chi connectivity index (χ0) is 21.4. The molecule has 0 aliphatic carbocycles. The number of hydrogen-bond donors (Lipinski definition) is 3. The average molecular weight is 435 g/mol. The largest absolute Gasteiger partial charge is 0.377 e. The molecular formula is C21H27FN4O3S. The molecule has 1 aliphatic rings. The lowest BCUT2D eigenvalue weighted by Gasteiger charge is -2.13. The predicted molar refractivity (Wildman–Crippen MR) is 114 cm³/mol. The lowest BCUT2D eigenvalue weighted by atomic mass is 10.2. The highest BCUT2D eigenvalue weighted by molar-refractivity contribution is 7.89. The van der Waals surface area contributed by atoms with Gasteiger partial charge >= 0.3 is 0 Å². The average Bonchev–Trinajstić information content (AvgIpc) is 3.28. The van der Waals surface area contributed by atoms with E-state index in [2.05, 4.69) is 20.3 Å². The van der Waals surface area contributed by atoms with E-state index in [9.17, 15) is 12.8 Å². The van der Waals surface area contributed by atoms with E-state index in [0.717, 1.165) is 18.4 Å². The van der Waals surface area contributed by atoms with Crippen LogP contribution in [0.1, 0.15) is 24.0 Å². The molecule has 0 radical (unpaired) electrons. The maximum Gasteiger partial charge on any atom is 0.240 e. The van der Waals surface area contributed by atoms with Crippen LogP contribution in [0.25, 0.3) is 0 Å². The van der Waals surface area contributed by atoms with Gasteiger partial charge in [-0.2, -0.15) is 0 Å². The van der Waals surface area contributed by atoms with Gasteiger partial charge in [0.15, 0.2) is 5.96 Å². The summed E-state index contributed by atoms with van der Waals surface area (Å²) in [5, 5.41) is 6.19.